The molecular formula is C14H22N2O4S. The molecule has 118 valence electrons. The molecule has 0 atom stereocenters. The fourth-order valence-electron chi connectivity index (χ4n) is 2.21. The maximum absolute atomic E-state index is 12.6. The summed E-state index contributed by atoms with van der Waals surface area (Å²) in [6.07, 6.45) is 0. The Morgan fingerprint density at radius 2 is 2.00 bits per heavy atom. The summed E-state index contributed by atoms with van der Waals surface area (Å²) < 4.78 is 37.6. The number of nitrogens with zero attached hydrogens (tertiary/aromatic N) is 1. The number of rotatable bonds is 5. The molecule has 1 saturated heterocycles. The highest BCUT2D eigenvalue weighted by Crippen LogP contribution is 2.24. The molecule has 2 rings (SSSR count). The van der Waals surface area contributed by atoms with Gasteiger partial charge in [-0.25, -0.2) is 8.42 Å². The maximum Gasteiger partial charge on any atom is 0.243 e. The van der Waals surface area contributed by atoms with Gasteiger partial charge in [-0.3, -0.25) is 0 Å². The smallest absolute Gasteiger partial charge is 0.243 e. The Morgan fingerprint density at radius 1 is 1.33 bits per heavy atom. The van der Waals surface area contributed by atoms with Crippen molar-refractivity contribution in [3.8, 4) is 5.75 Å². The van der Waals surface area contributed by atoms with Crippen molar-refractivity contribution in [1.82, 2.24) is 4.31 Å². The van der Waals surface area contributed by atoms with Crippen LogP contribution >= 0.6 is 0 Å². The van der Waals surface area contributed by atoms with Crippen molar-refractivity contribution in [1.29, 1.82) is 0 Å². The SMILES string of the molecule is CC1(C)CN(S(=O)(=O)c2ccc(OCCN)cc2)CCO1. The maximum atomic E-state index is 12.6. The van der Waals surface area contributed by atoms with Crippen LogP contribution in [0.2, 0.25) is 0 Å². The van der Waals surface area contributed by atoms with E-state index in [-0.39, 0.29) is 4.90 Å². The molecule has 0 aromatic heterocycles. The van der Waals surface area contributed by atoms with Crippen LogP contribution in [-0.4, -0.2) is 51.2 Å². The average Bonchev–Trinajstić information content (AvgIpc) is 2.44. The van der Waals surface area contributed by atoms with Gasteiger partial charge in [0, 0.05) is 19.6 Å². The Labute approximate surface area is 125 Å². The normalized spacial score (nSPS) is 19.4. The van der Waals surface area contributed by atoms with Crippen LogP contribution in [0, 0.1) is 0 Å². The Morgan fingerprint density at radius 3 is 2.57 bits per heavy atom. The molecule has 1 fully saturated rings. The largest absolute Gasteiger partial charge is 0.492 e. The van der Waals surface area contributed by atoms with Gasteiger partial charge in [0.05, 0.1) is 17.1 Å². The van der Waals surface area contributed by atoms with Gasteiger partial charge in [-0.05, 0) is 38.1 Å². The van der Waals surface area contributed by atoms with E-state index in [1.165, 1.54) is 4.31 Å². The van der Waals surface area contributed by atoms with Crippen molar-refractivity contribution < 1.29 is 17.9 Å². The van der Waals surface area contributed by atoms with Crippen LogP contribution in [0.1, 0.15) is 13.8 Å². The predicted octanol–water partition coefficient (Wildman–Crippen LogP) is 0.824. The van der Waals surface area contributed by atoms with Crippen molar-refractivity contribution in [3.05, 3.63) is 24.3 Å². The third kappa shape index (κ3) is 3.94. The summed E-state index contributed by atoms with van der Waals surface area (Å²) in [6, 6.07) is 6.41. The van der Waals surface area contributed by atoms with E-state index in [1.807, 2.05) is 13.8 Å². The van der Waals surface area contributed by atoms with Gasteiger partial charge in [-0.15, -0.1) is 0 Å². The first-order chi connectivity index (χ1) is 9.85. The van der Waals surface area contributed by atoms with E-state index in [1.54, 1.807) is 24.3 Å². The molecule has 21 heavy (non-hydrogen) atoms. The van der Waals surface area contributed by atoms with E-state index in [0.717, 1.165) is 0 Å². The number of benzene rings is 1. The van der Waals surface area contributed by atoms with E-state index in [4.69, 9.17) is 15.2 Å². The summed E-state index contributed by atoms with van der Waals surface area (Å²) in [5, 5.41) is 0. The van der Waals surface area contributed by atoms with Crippen molar-refractivity contribution >= 4 is 10.0 Å². The van der Waals surface area contributed by atoms with Crippen molar-refractivity contribution in [2.45, 2.75) is 24.3 Å². The van der Waals surface area contributed by atoms with Gasteiger partial charge < -0.3 is 15.2 Å². The van der Waals surface area contributed by atoms with Gasteiger partial charge in [-0.2, -0.15) is 4.31 Å². The first kappa shape index (κ1) is 16.2. The molecule has 0 unspecified atom stereocenters. The quantitative estimate of drug-likeness (QED) is 0.870. The molecular weight excluding hydrogens is 292 g/mol. The van der Waals surface area contributed by atoms with Crippen LogP contribution in [0.15, 0.2) is 29.2 Å². The molecule has 1 aliphatic heterocycles. The molecule has 1 heterocycles. The van der Waals surface area contributed by atoms with Crippen molar-refractivity contribution in [3.63, 3.8) is 0 Å². The molecule has 0 bridgehead atoms. The number of hydrogen-bond donors (Lipinski definition) is 1. The predicted molar refractivity (Wildman–Crippen MR) is 79.8 cm³/mol. The van der Waals surface area contributed by atoms with E-state index < -0.39 is 15.6 Å². The minimum atomic E-state index is -3.50. The van der Waals surface area contributed by atoms with E-state index in [2.05, 4.69) is 0 Å². The second-order valence-electron chi connectivity index (χ2n) is 5.56. The summed E-state index contributed by atoms with van der Waals surface area (Å²) in [4.78, 5) is 0.264. The monoisotopic (exact) mass is 314 g/mol. The van der Waals surface area contributed by atoms with Crippen LogP contribution in [0.3, 0.4) is 0 Å². The molecule has 1 aromatic carbocycles. The fraction of sp³-hybridized carbons (Fsp3) is 0.571. The molecule has 1 aromatic rings. The summed E-state index contributed by atoms with van der Waals surface area (Å²) in [6.45, 7) is 5.73. The molecule has 1 aliphatic rings. The second kappa shape index (κ2) is 6.31. The fourth-order valence-corrected chi connectivity index (χ4v) is 3.79. The molecule has 0 spiro atoms. The first-order valence-corrected chi connectivity index (χ1v) is 8.36. The van der Waals surface area contributed by atoms with Gasteiger partial charge in [0.15, 0.2) is 0 Å². The first-order valence-electron chi connectivity index (χ1n) is 6.92. The van der Waals surface area contributed by atoms with Crippen LogP contribution in [0.5, 0.6) is 5.75 Å². The van der Waals surface area contributed by atoms with E-state index in [9.17, 15) is 8.42 Å². The van der Waals surface area contributed by atoms with Crippen LogP contribution < -0.4 is 10.5 Å². The molecule has 0 saturated carbocycles. The number of sulfonamides is 1. The molecule has 7 heteroatoms. The third-order valence-corrected chi connectivity index (χ3v) is 5.10. The molecule has 0 radical (unpaired) electrons. The minimum absolute atomic E-state index is 0.264. The lowest BCUT2D eigenvalue weighted by Crippen LogP contribution is -2.50. The van der Waals surface area contributed by atoms with Gasteiger partial charge in [-0.1, -0.05) is 0 Å². The van der Waals surface area contributed by atoms with Crippen LogP contribution in [0.25, 0.3) is 0 Å². The van der Waals surface area contributed by atoms with Crippen LogP contribution in [0.4, 0.5) is 0 Å². The van der Waals surface area contributed by atoms with Gasteiger partial charge in [0.25, 0.3) is 0 Å². The van der Waals surface area contributed by atoms with Gasteiger partial charge >= 0.3 is 0 Å². The van der Waals surface area contributed by atoms with Crippen molar-refractivity contribution in [2.24, 2.45) is 5.73 Å². The lowest BCUT2D eigenvalue weighted by molar-refractivity contribution is -0.0640. The number of ether oxygens (including phenoxy) is 2. The summed E-state index contributed by atoms with van der Waals surface area (Å²) in [5.74, 6) is 0.613. The van der Waals surface area contributed by atoms with Crippen LogP contribution in [-0.2, 0) is 14.8 Å². The average molecular weight is 314 g/mol. The Bertz CT molecular complexity index is 569. The van der Waals surface area contributed by atoms with Gasteiger partial charge in [0.1, 0.15) is 12.4 Å². The Balaban J connectivity index is 2.15. The highest BCUT2D eigenvalue weighted by molar-refractivity contribution is 7.89. The number of nitrogens with two attached hydrogens (primary N) is 1. The molecule has 0 amide bonds. The zero-order valence-electron chi connectivity index (χ0n) is 12.4. The molecule has 6 nitrogen and oxygen atoms in total. The number of hydrogen-bond acceptors (Lipinski definition) is 5. The minimum Gasteiger partial charge on any atom is -0.492 e. The zero-order valence-corrected chi connectivity index (χ0v) is 13.2. The van der Waals surface area contributed by atoms with E-state index >= 15 is 0 Å². The summed E-state index contributed by atoms with van der Waals surface area (Å²) in [5.41, 5.74) is 4.90. The summed E-state index contributed by atoms with van der Waals surface area (Å²) in [7, 11) is -3.50. The zero-order chi connectivity index (χ0) is 15.5. The lowest BCUT2D eigenvalue weighted by Gasteiger charge is -2.37. The highest BCUT2D eigenvalue weighted by Gasteiger charge is 2.34. The lowest BCUT2D eigenvalue weighted by atomic mass is 10.1. The standard InChI is InChI=1S/C14H22N2O4S/c1-14(2)11-16(8-10-20-14)21(17,18)13-5-3-12(4-6-13)19-9-7-15/h3-6H,7-11,15H2,1-2H3. The van der Waals surface area contributed by atoms with Crippen molar-refractivity contribution in [2.75, 3.05) is 32.8 Å². The Hall–Kier alpha value is -1.15. The van der Waals surface area contributed by atoms with Gasteiger partial charge in [0.2, 0.25) is 10.0 Å². The topological polar surface area (TPSA) is 81.9 Å². The second-order valence-corrected chi connectivity index (χ2v) is 7.49. The molecule has 2 N–H and O–H groups in total. The highest BCUT2D eigenvalue weighted by atomic mass is 32.2. The number of morpholine rings is 1. The Kier molecular flexibility index (Phi) is 4.88. The third-order valence-electron chi connectivity index (χ3n) is 3.24. The van der Waals surface area contributed by atoms with E-state index in [0.29, 0.717) is 38.6 Å². The molecule has 0 aliphatic carbocycles. The summed E-state index contributed by atoms with van der Waals surface area (Å²) >= 11 is 0.